The van der Waals surface area contributed by atoms with Crippen LogP contribution in [-0.2, 0) is 16.0 Å². The monoisotopic (exact) mass is 346 g/mol. The quantitative estimate of drug-likeness (QED) is 0.593. The van der Waals surface area contributed by atoms with Crippen molar-refractivity contribution in [2.75, 3.05) is 6.61 Å². The SMILES string of the molecule is O=C(OCCc1ccccc1)C(CC#Cc1ccccc1)C(F)(F)F. The van der Waals surface area contributed by atoms with E-state index in [1.54, 1.807) is 30.3 Å². The zero-order valence-corrected chi connectivity index (χ0v) is 13.4. The molecule has 0 aliphatic heterocycles. The van der Waals surface area contributed by atoms with Gasteiger partial charge in [-0.25, -0.2) is 0 Å². The fourth-order valence-corrected chi connectivity index (χ4v) is 2.12. The molecular formula is C20H17F3O2. The molecule has 0 saturated heterocycles. The normalized spacial score (nSPS) is 12.0. The summed E-state index contributed by atoms with van der Waals surface area (Å²) < 4.78 is 44.0. The first kappa shape index (κ1) is 18.6. The zero-order chi connectivity index (χ0) is 18.1. The van der Waals surface area contributed by atoms with Crippen LogP contribution in [0.15, 0.2) is 60.7 Å². The third kappa shape index (κ3) is 6.34. The van der Waals surface area contributed by atoms with Gasteiger partial charge in [0.2, 0.25) is 0 Å². The molecule has 0 N–H and O–H groups in total. The third-order valence-corrected chi connectivity index (χ3v) is 3.47. The van der Waals surface area contributed by atoms with Gasteiger partial charge in [-0.2, -0.15) is 13.2 Å². The van der Waals surface area contributed by atoms with Crippen LogP contribution in [0.5, 0.6) is 0 Å². The Morgan fingerprint density at radius 2 is 1.60 bits per heavy atom. The van der Waals surface area contributed by atoms with Crippen LogP contribution >= 0.6 is 0 Å². The van der Waals surface area contributed by atoms with E-state index in [-0.39, 0.29) is 6.61 Å². The second-order valence-electron chi connectivity index (χ2n) is 5.37. The molecule has 0 aromatic heterocycles. The molecular weight excluding hydrogens is 329 g/mol. The zero-order valence-electron chi connectivity index (χ0n) is 13.4. The predicted octanol–water partition coefficient (Wildman–Crippen LogP) is 4.39. The van der Waals surface area contributed by atoms with Crippen LogP contribution in [0.1, 0.15) is 17.5 Å². The van der Waals surface area contributed by atoms with Gasteiger partial charge in [0.25, 0.3) is 0 Å². The highest BCUT2D eigenvalue weighted by Crippen LogP contribution is 2.29. The predicted molar refractivity (Wildman–Crippen MR) is 88.6 cm³/mol. The van der Waals surface area contributed by atoms with Gasteiger partial charge in [-0.1, -0.05) is 60.4 Å². The molecule has 1 atom stereocenters. The van der Waals surface area contributed by atoms with E-state index in [1.807, 2.05) is 30.3 Å². The number of hydrogen-bond donors (Lipinski definition) is 0. The second-order valence-corrected chi connectivity index (χ2v) is 5.37. The standard InChI is InChI=1S/C20H17F3O2/c21-20(22,23)18(13-7-12-16-8-3-1-4-9-16)19(24)25-15-14-17-10-5-2-6-11-17/h1-6,8-11,18H,13-15H2. The van der Waals surface area contributed by atoms with Gasteiger partial charge in [0.1, 0.15) is 0 Å². The topological polar surface area (TPSA) is 26.3 Å². The average Bonchev–Trinajstić information content (AvgIpc) is 2.59. The lowest BCUT2D eigenvalue weighted by molar-refractivity contribution is -0.196. The van der Waals surface area contributed by atoms with Crippen LogP contribution in [0, 0.1) is 17.8 Å². The molecule has 0 heterocycles. The molecule has 0 amide bonds. The molecule has 0 spiro atoms. The van der Waals surface area contributed by atoms with Crippen molar-refractivity contribution in [1.82, 2.24) is 0 Å². The van der Waals surface area contributed by atoms with Gasteiger partial charge in [0, 0.05) is 18.4 Å². The van der Waals surface area contributed by atoms with Crippen molar-refractivity contribution in [3.05, 3.63) is 71.8 Å². The van der Waals surface area contributed by atoms with Crippen LogP contribution in [0.3, 0.4) is 0 Å². The Morgan fingerprint density at radius 1 is 1.00 bits per heavy atom. The Kier molecular flexibility index (Phi) is 6.64. The van der Waals surface area contributed by atoms with Crippen molar-refractivity contribution in [3.63, 3.8) is 0 Å². The van der Waals surface area contributed by atoms with E-state index < -0.39 is 24.5 Å². The van der Waals surface area contributed by atoms with Crippen LogP contribution in [-0.4, -0.2) is 18.8 Å². The first-order valence-corrected chi connectivity index (χ1v) is 7.78. The van der Waals surface area contributed by atoms with Gasteiger partial charge >= 0.3 is 12.1 Å². The molecule has 130 valence electrons. The summed E-state index contributed by atoms with van der Waals surface area (Å²) >= 11 is 0. The number of carbonyl (C=O) groups excluding carboxylic acids is 1. The van der Waals surface area contributed by atoms with Gasteiger partial charge in [0.05, 0.1) is 6.61 Å². The molecule has 0 aliphatic carbocycles. The van der Waals surface area contributed by atoms with E-state index in [2.05, 4.69) is 11.8 Å². The van der Waals surface area contributed by atoms with Gasteiger partial charge in [-0.05, 0) is 17.7 Å². The molecule has 0 saturated carbocycles. The van der Waals surface area contributed by atoms with Gasteiger partial charge < -0.3 is 4.74 Å². The number of benzene rings is 2. The Labute approximate surface area is 144 Å². The van der Waals surface area contributed by atoms with Crippen molar-refractivity contribution in [1.29, 1.82) is 0 Å². The fourth-order valence-electron chi connectivity index (χ4n) is 2.12. The van der Waals surface area contributed by atoms with Crippen molar-refractivity contribution < 1.29 is 22.7 Å². The lowest BCUT2D eigenvalue weighted by Crippen LogP contribution is -2.32. The number of rotatable bonds is 5. The minimum atomic E-state index is -4.69. The highest BCUT2D eigenvalue weighted by Gasteiger charge is 2.45. The van der Waals surface area contributed by atoms with E-state index in [0.717, 1.165) is 5.56 Å². The summed E-state index contributed by atoms with van der Waals surface area (Å²) in [6.45, 7) is -0.0957. The van der Waals surface area contributed by atoms with Gasteiger partial charge in [-0.15, -0.1) is 0 Å². The molecule has 0 radical (unpaired) electrons. The average molecular weight is 346 g/mol. The smallest absolute Gasteiger partial charge is 0.403 e. The fraction of sp³-hybridized carbons (Fsp3) is 0.250. The molecule has 0 bridgehead atoms. The summed E-state index contributed by atoms with van der Waals surface area (Å²) in [5.41, 5.74) is 1.49. The number of ether oxygens (including phenoxy) is 1. The highest BCUT2D eigenvalue weighted by atomic mass is 19.4. The molecule has 0 fully saturated rings. The van der Waals surface area contributed by atoms with Crippen molar-refractivity contribution in [2.24, 2.45) is 5.92 Å². The lowest BCUT2D eigenvalue weighted by atomic mass is 10.1. The molecule has 2 aromatic rings. The maximum absolute atomic E-state index is 13.1. The first-order valence-electron chi connectivity index (χ1n) is 7.78. The minimum absolute atomic E-state index is 0.0957. The number of carbonyl (C=O) groups is 1. The summed E-state index contributed by atoms with van der Waals surface area (Å²) in [6, 6.07) is 17.7. The Hall–Kier alpha value is -2.74. The van der Waals surface area contributed by atoms with E-state index in [9.17, 15) is 18.0 Å². The Morgan fingerprint density at radius 3 is 2.20 bits per heavy atom. The molecule has 2 nitrogen and oxygen atoms in total. The summed E-state index contributed by atoms with van der Waals surface area (Å²) in [4.78, 5) is 11.8. The third-order valence-electron chi connectivity index (χ3n) is 3.47. The number of alkyl halides is 3. The summed E-state index contributed by atoms with van der Waals surface area (Å²) in [6.07, 6.45) is -4.94. The van der Waals surface area contributed by atoms with E-state index in [4.69, 9.17) is 4.74 Å². The van der Waals surface area contributed by atoms with Crippen LogP contribution in [0.4, 0.5) is 13.2 Å². The molecule has 0 aliphatic rings. The van der Waals surface area contributed by atoms with Crippen molar-refractivity contribution in [3.8, 4) is 11.8 Å². The van der Waals surface area contributed by atoms with E-state index >= 15 is 0 Å². The Bertz CT molecular complexity index is 728. The number of esters is 1. The summed E-state index contributed by atoms with van der Waals surface area (Å²) in [5.74, 6) is 1.53. The number of hydrogen-bond acceptors (Lipinski definition) is 2. The minimum Gasteiger partial charge on any atom is -0.465 e. The van der Waals surface area contributed by atoms with Crippen LogP contribution < -0.4 is 0 Å². The molecule has 2 aromatic carbocycles. The molecule has 2 rings (SSSR count). The summed E-state index contributed by atoms with van der Waals surface area (Å²) in [5, 5.41) is 0. The van der Waals surface area contributed by atoms with Crippen molar-refractivity contribution in [2.45, 2.75) is 19.0 Å². The largest absolute Gasteiger partial charge is 0.465 e. The second kappa shape index (κ2) is 8.93. The van der Waals surface area contributed by atoms with Crippen molar-refractivity contribution >= 4 is 5.97 Å². The maximum Gasteiger partial charge on any atom is 0.403 e. The first-order chi connectivity index (χ1) is 12.0. The maximum atomic E-state index is 13.1. The van der Waals surface area contributed by atoms with E-state index in [1.165, 1.54) is 0 Å². The van der Waals surface area contributed by atoms with Crippen LogP contribution in [0.2, 0.25) is 0 Å². The van der Waals surface area contributed by atoms with Crippen LogP contribution in [0.25, 0.3) is 0 Å². The highest BCUT2D eigenvalue weighted by molar-refractivity contribution is 5.73. The Balaban J connectivity index is 1.92. The molecule has 25 heavy (non-hydrogen) atoms. The van der Waals surface area contributed by atoms with Gasteiger partial charge in [-0.3, -0.25) is 4.79 Å². The molecule has 5 heteroatoms. The molecule has 1 unspecified atom stereocenters. The number of halogens is 3. The van der Waals surface area contributed by atoms with Gasteiger partial charge in [0.15, 0.2) is 5.92 Å². The lowest BCUT2D eigenvalue weighted by Gasteiger charge is -2.16. The van der Waals surface area contributed by atoms with E-state index in [0.29, 0.717) is 12.0 Å². The summed E-state index contributed by atoms with van der Waals surface area (Å²) in [7, 11) is 0.